The lowest BCUT2D eigenvalue weighted by Gasteiger charge is -2.29. The molecule has 0 unspecified atom stereocenters. The molecular formula is C18H27N3O5. The summed E-state index contributed by atoms with van der Waals surface area (Å²) in [5.41, 5.74) is -0.841. The van der Waals surface area contributed by atoms with Crippen molar-refractivity contribution in [2.45, 2.75) is 69.9 Å². The molecule has 4 amide bonds. The topological polar surface area (TPSA) is 105 Å². The lowest BCUT2D eigenvalue weighted by atomic mass is 9.86. The molecule has 1 heterocycles. The number of carbonyl (C=O) groups is 4. The number of nitrogens with one attached hydrogen (secondary N) is 2. The maximum absolute atomic E-state index is 12.5. The van der Waals surface area contributed by atoms with Gasteiger partial charge in [0.05, 0.1) is 0 Å². The predicted octanol–water partition coefficient (Wildman–Crippen LogP) is 1.09. The Morgan fingerprint density at radius 1 is 1.19 bits per heavy atom. The van der Waals surface area contributed by atoms with Crippen molar-refractivity contribution in [3.63, 3.8) is 0 Å². The molecule has 1 aliphatic heterocycles. The standard InChI is InChI=1S/C18H27N3O5/c1-12-6-2-3-7-13(12)19-14(22)11-26-15(23)10-21-16(24)18(20-17(21)25)8-4-5-9-18/h12-13H,2-11H2,1H3,(H,19,22)(H,20,25)/t12-,13+/m1/s1. The van der Waals surface area contributed by atoms with Crippen LogP contribution in [0.15, 0.2) is 0 Å². The summed E-state index contributed by atoms with van der Waals surface area (Å²) >= 11 is 0. The summed E-state index contributed by atoms with van der Waals surface area (Å²) < 4.78 is 4.97. The van der Waals surface area contributed by atoms with Gasteiger partial charge in [-0.25, -0.2) is 4.79 Å². The normalized spacial score (nSPS) is 27.5. The molecule has 3 aliphatic rings. The number of esters is 1. The first kappa shape index (κ1) is 18.7. The van der Waals surface area contributed by atoms with Crippen LogP contribution < -0.4 is 10.6 Å². The highest BCUT2D eigenvalue weighted by Gasteiger charge is 2.52. The summed E-state index contributed by atoms with van der Waals surface area (Å²) in [6.45, 7) is 1.25. The Kier molecular flexibility index (Phi) is 5.48. The summed E-state index contributed by atoms with van der Waals surface area (Å²) in [5, 5.41) is 5.61. The van der Waals surface area contributed by atoms with E-state index < -0.39 is 30.7 Å². The highest BCUT2D eigenvalue weighted by molar-refractivity contribution is 6.08. The molecule has 2 saturated carbocycles. The van der Waals surface area contributed by atoms with Crippen LogP contribution in [0.25, 0.3) is 0 Å². The van der Waals surface area contributed by atoms with Crippen LogP contribution in [0.4, 0.5) is 4.79 Å². The Labute approximate surface area is 153 Å². The highest BCUT2D eigenvalue weighted by Crippen LogP contribution is 2.34. The van der Waals surface area contributed by atoms with E-state index in [1.54, 1.807) is 0 Å². The maximum Gasteiger partial charge on any atom is 0.326 e. The van der Waals surface area contributed by atoms with Gasteiger partial charge in [-0.05, 0) is 31.6 Å². The summed E-state index contributed by atoms with van der Waals surface area (Å²) in [5.74, 6) is -1.05. The first-order valence-corrected chi connectivity index (χ1v) is 9.50. The molecule has 0 bridgehead atoms. The lowest BCUT2D eigenvalue weighted by molar-refractivity contribution is -0.151. The maximum atomic E-state index is 12.5. The summed E-state index contributed by atoms with van der Waals surface area (Å²) in [4.78, 5) is 49.4. The molecule has 1 spiro atoms. The van der Waals surface area contributed by atoms with Crippen molar-refractivity contribution in [2.75, 3.05) is 13.2 Å². The summed E-state index contributed by atoms with van der Waals surface area (Å²) in [7, 11) is 0. The Hall–Kier alpha value is -2.12. The average Bonchev–Trinajstić information content (AvgIpc) is 3.16. The molecule has 2 atom stereocenters. The molecule has 3 rings (SSSR count). The third-order valence-corrected chi connectivity index (χ3v) is 5.81. The Morgan fingerprint density at radius 3 is 2.58 bits per heavy atom. The van der Waals surface area contributed by atoms with Crippen molar-refractivity contribution < 1.29 is 23.9 Å². The second-order valence-corrected chi connectivity index (χ2v) is 7.71. The van der Waals surface area contributed by atoms with Crippen molar-refractivity contribution in [3.05, 3.63) is 0 Å². The number of nitrogens with zero attached hydrogens (tertiary/aromatic N) is 1. The highest BCUT2D eigenvalue weighted by atomic mass is 16.5. The monoisotopic (exact) mass is 365 g/mol. The molecule has 144 valence electrons. The molecule has 0 aromatic heterocycles. The van der Waals surface area contributed by atoms with Crippen molar-refractivity contribution in [3.8, 4) is 0 Å². The Morgan fingerprint density at radius 2 is 1.88 bits per heavy atom. The molecular weight excluding hydrogens is 338 g/mol. The van der Waals surface area contributed by atoms with E-state index in [2.05, 4.69) is 17.6 Å². The molecule has 2 N–H and O–H groups in total. The Bertz CT molecular complexity index is 600. The largest absolute Gasteiger partial charge is 0.454 e. The van der Waals surface area contributed by atoms with E-state index in [-0.39, 0.29) is 17.9 Å². The molecule has 1 saturated heterocycles. The lowest BCUT2D eigenvalue weighted by Crippen LogP contribution is -2.45. The van der Waals surface area contributed by atoms with Crippen LogP contribution in [0.3, 0.4) is 0 Å². The fourth-order valence-electron chi connectivity index (χ4n) is 4.24. The molecule has 3 fully saturated rings. The first-order chi connectivity index (χ1) is 12.4. The smallest absolute Gasteiger partial charge is 0.326 e. The van der Waals surface area contributed by atoms with Gasteiger partial charge in [0.25, 0.3) is 11.8 Å². The summed E-state index contributed by atoms with van der Waals surface area (Å²) in [6.07, 6.45) is 7.24. The molecule has 0 aromatic carbocycles. The van der Waals surface area contributed by atoms with E-state index in [9.17, 15) is 19.2 Å². The van der Waals surface area contributed by atoms with Crippen molar-refractivity contribution in [1.29, 1.82) is 0 Å². The minimum absolute atomic E-state index is 0.114. The van der Waals surface area contributed by atoms with E-state index in [4.69, 9.17) is 4.74 Å². The van der Waals surface area contributed by atoms with Crippen LogP contribution in [-0.2, 0) is 19.1 Å². The van der Waals surface area contributed by atoms with Crippen molar-refractivity contribution >= 4 is 23.8 Å². The quantitative estimate of drug-likeness (QED) is 0.560. The third-order valence-electron chi connectivity index (χ3n) is 5.81. The number of urea groups is 1. The zero-order valence-electron chi connectivity index (χ0n) is 15.2. The van der Waals surface area contributed by atoms with Gasteiger partial charge in [0.15, 0.2) is 6.61 Å². The van der Waals surface area contributed by atoms with Gasteiger partial charge in [-0.3, -0.25) is 19.3 Å². The van der Waals surface area contributed by atoms with Crippen molar-refractivity contribution in [2.24, 2.45) is 5.92 Å². The SMILES string of the molecule is C[C@@H]1CCCC[C@@H]1NC(=O)COC(=O)CN1C(=O)NC2(CCCC2)C1=O. The van der Waals surface area contributed by atoms with Gasteiger partial charge in [0.1, 0.15) is 12.1 Å². The number of ether oxygens (including phenoxy) is 1. The minimum Gasteiger partial charge on any atom is -0.454 e. The Balaban J connectivity index is 1.44. The van der Waals surface area contributed by atoms with E-state index in [1.807, 2.05) is 0 Å². The zero-order valence-corrected chi connectivity index (χ0v) is 15.2. The fraction of sp³-hybridized carbons (Fsp3) is 0.778. The van der Waals surface area contributed by atoms with E-state index in [0.717, 1.165) is 37.0 Å². The fourth-order valence-corrected chi connectivity index (χ4v) is 4.24. The number of carbonyl (C=O) groups excluding carboxylic acids is 4. The minimum atomic E-state index is -0.841. The number of hydrogen-bond acceptors (Lipinski definition) is 5. The van der Waals surface area contributed by atoms with Crippen LogP contribution in [0.5, 0.6) is 0 Å². The van der Waals surface area contributed by atoms with Gasteiger partial charge in [-0.2, -0.15) is 0 Å². The van der Waals surface area contributed by atoms with Gasteiger partial charge < -0.3 is 15.4 Å². The number of rotatable bonds is 5. The van der Waals surface area contributed by atoms with Gasteiger partial charge in [0.2, 0.25) is 0 Å². The third kappa shape index (κ3) is 3.83. The number of hydrogen-bond donors (Lipinski definition) is 2. The number of imide groups is 1. The molecule has 8 heteroatoms. The van der Waals surface area contributed by atoms with Crippen LogP contribution in [-0.4, -0.2) is 53.4 Å². The van der Waals surface area contributed by atoms with Gasteiger partial charge in [0, 0.05) is 6.04 Å². The van der Waals surface area contributed by atoms with Gasteiger partial charge in [-0.1, -0.05) is 32.6 Å². The van der Waals surface area contributed by atoms with E-state index in [0.29, 0.717) is 18.8 Å². The molecule has 0 aromatic rings. The molecule has 0 radical (unpaired) electrons. The van der Waals surface area contributed by atoms with Gasteiger partial charge >= 0.3 is 12.0 Å². The average molecular weight is 365 g/mol. The van der Waals surface area contributed by atoms with Crippen LogP contribution in [0.2, 0.25) is 0 Å². The van der Waals surface area contributed by atoms with Crippen LogP contribution in [0.1, 0.15) is 58.3 Å². The second kappa shape index (κ2) is 7.63. The van der Waals surface area contributed by atoms with Crippen LogP contribution in [0, 0.1) is 5.92 Å². The second-order valence-electron chi connectivity index (χ2n) is 7.71. The van der Waals surface area contributed by atoms with Crippen LogP contribution >= 0.6 is 0 Å². The van der Waals surface area contributed by atoms with E-state index >= 15 is 0 Å². The predicted molar refractivity (Wildman–Crippen MR) is 92.0 cm³/mol. The molecule has 8 nitrogen and oxygen atoms in total. The zero-order chi connectivity index (χ0) is 18.7. The van der Waals surface area contributed by atoms with Gasteiger partial charge in [-0.15, -0.1) is 0 Å². The molecule has 2 aliphatic carbocycles. The van der Waals surface area contributed by atoms with E-state index in [1.165, 1.54) is 6.42 Å². The summed E-state index contributed by atoms with van der Waals surface area (Å²) in [6, 6.07) is -0.447. The van der Waals surface area contributed by atoms with Crippen molar-refractivity contribution in [1.82, 2.24) is 15.5 Å². The molecule has 26 heavy (non-hydrogen) atoms. The first-order valence-electron chi connectivity index (χ1n) is 9.50. The number of amides is 4.